The molecule has 0 radical (unpaired) electrons. The van der Waals surface area contributed by atoms with E-state index in [1.165, 1.54) is 302 Å². The first-order chi connectivity index (χ1) is 36.5. The van der Waals surface area contributed by atoms with Gasteiger partial charge in [-0.2, -0.15) is 0 Å². The van der Waals surface area contributed by atoms with Crippen molar-refractivity contribution >= 4 is 17.9 Å². The average molecular weight is 1050 g/mol. The number of hydrogen-bond donors (Lipinski definition) is 0. The molecule has 440 valence electrons. The zero-order valence-electron chi connectivity index (χ0n) is 50.7. The maximum Gasteiger partial charge on any atom is 0.306 e. The molecule has 0 aromatic heterocycles. The Morgan fingerprint density at radius 2 is 0.365 bits per heavy atom. The van der Waals surface area contributed by atoms with E-state index < -0.39 is 6.10 Å². The van der Waals surface area contributed by atoms with Crippen LogP contribution in [0.15, 0.2) is 0 Å². The van der Waals surface area contributed by atoms with E-state index in [2.05, 4.69) is 20.8 Å². The van der Waals surface area contributed by atoms with Crippen LogP contribution in [-0.4, -0.2) is 37.2 Å². The van der Waals surface area contributed by atoms with E-state index in [4.69, 9.17) is 14.2 Å². The van der Waals surface area contributed by atoms with E-state index in [1.54, 1.807) is 0 Å². The van der Waals surface area contributed by atoms with Crippen molar-refractivity contribution < 1.29 is 28.6 Å². The fourth-order valence-electron chi connectivity index (χ4n) is 10.7. The van der Waals surface area contributed by atoms with Crippen LogP contribution >= 0.6 is 0 Å². The van der Waals surface area contributed by atoms with E-state index in [9.17, 15) is 14.4 Å². The predicted molar refractivity (Wildman–Crippen MR) is 321 cm³/mol. The van der Waals surface area contributed by atoms with E-state index in [0.29, 0.717) is 19.3 Å². The average Bonchev–Trinajstić information content (AvgIpc) is 3.40. The van der Waals surface area contributed by atoms with Crippen molar-refractivity contribution in [2.45, 2.75) is 406 Å². The third-order valence-electron chi connectivity index (χ3n) is 15.9. The second kappa shape index (κ2) is 63.9. The van der Waals surface area contributed by atoms with Crippen molar-refractivity contribution in [3.05, 3.63) is 0 Å². The maximum atomic E-state index is 12.9. The number of ether oxygens (including phenoxy) is 3. The normalized spacial score (nSPS) is 11.9. The highest BCUT2D eigenvalue weighted by atomic mass is 16.6. The molecule has 1 atom stereocenters. The van der Waals surface area contributed by atoms with Crippen LogP contribution in [0.2, 0.25) is 0 Å². The smallest absolute Gasteiger partial charge is 0.306 e. The summed E-state index contributed by atoms with van der Waals surface area (Å²) in [6.07, 6.45) is 74.2. The minimum absolute atomic E-state index is 0.0605. The molecule has 0 rings (SSSR count). The lowest BCUT2D eigenvalue weighted by Gasteiger charge is -2.18. The van der Waals surface area contributed by atoms with Crippen LogP contribution in [0.25, 0.3) is 0 Å². The van der Waals surface area contributed by atoms with Gasteiger partial charge < -0.3 is 14.2 Å². The molecule has 0 amide bonds. The summed E-state index contributed by atoms with van der Waals surface area (Å²) in [7, 11) is 0. The molecule has 0 aliphatic carbocycles. The Hall–Kier alpha value is -1.59. The summed E-state index contributed by atoms with van der Waals surface area (Å²) in [6.45, 7) is 6.73. The molecule has 6 nitrogen and oxygen atoms in total. The molecule has 1 unspecified atom stereocenters. The minimum atomic E-state index is -0.762. The summed E-state index contributed by atoms with van der Waals surface area (Å²) in [4.78, 5) is 38.3. The van der Waals surface area contributed by atoms with Crippen molar-refractivity contribution in [1.29, 1.82) is 0 Å². The molecule has 0 heterocycles. The van der Waals surface area contributed by atoms with Crippen LogP contribution in [0, 0.1) is 0 Å². The molecule has 0 N–H and O–H groups in total. The number of esters is 3. The minimum Gasteiger partial charge on any atom is -0.462 e. The summed E-state index contributed by atoms with van der Waals surface area (Å²) < 4.78 is 17.0. The molecule has 0 fully saturated rings. The van der Waals surface area contributed by atoms with Gasteiger partial charge in [0.1, 0.15) is 13.2 Å². The lowest BCUT2D eigenvalue weighted by atomic mass is 10.0. The van der Waals surface area contributed by atoms with Gasteiger partial charge in [-0.15, -0.1) is 0 Å². The van der Waals surface area contributed by atoms with Gasteiger partial charge in [0, 0.05) is 19.3 Å². The Morgan fingerprint density at radius 3 is 0.541 bits per heavy atom. The Morgan fingerprint density at radius 1 is 0.216 bits per heavy atom. The lowest BCUT2D eigenvalue weighted by Crippen LogP contribution is -2.30. The molecule has 0 saturated carbocycles. The maximum absolute atomic E-state index is 12.9. The van der Waals surface area contributed by atoms with Crippen LogP contribution in [0.4, 0.5) is 0 Å². The molecule has 0 aromatic rings. The number of unbranched alkanes of at least 4 members (excludes halogenated alkanes) is 53. The fourth-order valence-corrected chi connectivity index (χ4v) is 10.7. The Labute approximate surface area is 463 Å². The van der Waals surface area contributed by atoms with Crippen LogP contribution in [0.5, 0.6) is 0 Å². The van der Waals surface area contributed by atoms with Gasteiger partial charge in [-0.05, 0) is 19.3 Å². The lowest BCUT2D eigenvalue weighted by molar-refractivity contribution is -0.167. The second-order valence-corrected chi connectivity index (χ2v) is 23.5. The quantitative estimate of drug-likeness (QED) is 0.0343. The van der Waals surface area contributed by atoms with Gasteiger partial charge in [-0.1, -0.05) is 361 Å². The molecule has 0 aromatic carbocycles. The van der Waals surface area contributed by atoms with E-state index >= 15 is 0 Å². The highest BCUT2D eigenvalue weighted by molar-refractivity contribution is 5.71. The molecule has 0 aliphatic rings. The summed E-state index contributed by atoms with van der Waals surface area (Å²) in [5, 5.41) is 0. The van der Waals surface area contributed by atoms with Gasteiger partial charge in [-0.25, -0.2) is 0 Å². The van der Waals surface area contributed by atoms with Gasteiger partial charge >= 0.3 is 17.9 Å². The molecule has 0 aliphatic heterocycles. The fraction of sp³-hybridized carbons (Fsp3) is 0.956. The molecular weight excluding hydrogens is 913 g/mol. The Bertz CT molecular complexity index is 1110. The SMILES string of the molecule is CCCCCCCCCCCCCCCCCCCCCCCCCCC(=O)OCC(COC(=O)CCCCCCCCCCCCC)OC(=O)CCCCCCCCCCCCCCCCCCCCCCC. The molecule has 0 spiro atoms. The summed E-state index contributed by atoms with van der Waals surface area (Å²) in [6, 6.07) is 0. The highest BCUT2D eigenvalue weighted by Crippen LogP contribution is 2.19. The van der Waals surface area contributed by atoms with Gasteiger partial charge in [0.2, 0.25) is 0 Å². The van der Waals surface area contributed by atoms with Crippen molar-refractivity contribution in [3.8, 4) is 0 Å². The summed E-state index contributed by atoms with van der Waals surface area (Å²) in [5.74, 6) is -0.824. The first-order valence-electron chi connectivity index (χ1n) is 34.0. The zero-order chi connectivity index (χ0) is 53.6. The van der Waals surface area contributed by atoms with E-state index in [1.807, 2.05) is 0 Å². The van der Waals surface area contributed by atoms with Gasteiger partial charge in [0.15, 0.2) is 6.10 Å². The number of rotatable bonds is 64. The standard InChI is InChI=1S/C68H132O6/c1-4-7-10-13-16-19-22-24-26-28-30-32-33-34-36-37-39-41-43-46-49-52-55-58-61-67(70)73-64-65(63-72-66(69)60-57-54-51-48-45-21-18-15-12-9-6-3)74-68(71)62-59-56-53-50-47-44-42-40-38-35-31-29-27-25-23-20-17-14-11-8-5-2/h65H,4-64H2,1-3H3. The Balaban J connectivity index is 4.16. The molecule has 0 bridgehead atoms. The van der Waals surface area contributed by atoms with Gasteiger partial charge in [0.25, 0.3) is 0 Å². The monoisotopic (exact) mass is 1050 g/mol. The van der Waals surface area contributed by atoms with E-state index in [0.717, 1.165) is 57.8 Å². The van der Waals surface area contributed by atoms with Crippen molar-refractivity contribution in [2.75, 3.05) is 13.2 Å². The third kappa shape index (κ3) is 61.3. The molecule has 6 heteroatoms. The van der Waals surface area contributed by atoms with Crippen molar-refractivity contribution in [3.63, 3.8) is 0 Å². The number of carbonyl (C=O) groups is 3. The van der Waals surface area contributed by atoms with Gasteiger partial charge in [0.05, 0.1) is 0 Å². The molecule has 0 saturated heterocycles. The molecule has 74 heavy (non-hydrogen) atoms. The zero-order valence-corrected chi connectivity index (χ0v) is 50.7. The van der Waals surface area contributed by atoms with Gasteiger partial charge in [-0.3, -0.25) is 14.4 Å². The second-order valence-electron chi connectivity index (χ2n) is 23.5. The summed E-state index contributed by atoms with van der Waals surface area (Å²) >= 11 is 0. The van der Waals surface area contributed by atoms with Crippen LogP contribution < -0.4 is 0 Å². The largest absolute Gasteiger partial charge is 0.462 e. The highest BCUT2D eigenvalue weighted by Gasteiger charge is 2.19. The number of carbonyl (C=O) groups excluding carboxylic acids is 3. The Kier molecular flexibility index (Phi) is 62.6. The van der Waals surface area contributed by atoms with Crippen molar-refractivity contribution in [2.24, 2.45) is 0 Å². The molecular formula is C68H132O6. The first-order valence-corrected chi connectivity index (χ1v) is 34.0. The predicted octanol–water partition coefficient (Wildman–Crippen LogP) is 23.1. The van der Waals surface area contributed by atoms with Crippen LogP contribution in [0.1, 0.15) is 400 Å². The van der Waals surface area contributed by atoms with Crippen LogP contribution in [0.3, 0.4) is 0 Å². The topological polar surface area (TPSA) is 78.9 Å². The first kappa shape index (κ1) is 72.4. The van der Waals surface area contributed by atoms with Crippen LogP contribution in [-0.2, 0) is 28.6 Å². The summed E-state index contributed by atoms with van der Waals surface area (Å²) in [5.41, 5.74) is 0. The number of hydrogen-bond acceptors (Lipinski definition) is 6. The van der Waals surface area contributed by atoms with E-state index in [-0.39, 0.29) is 31.1 Å². The van der Waals surface area contributed by atoms with Crippen molar-refractivity contribution in [1.82, 2.24) is 0 Å². The third-order valence-corrected chi connectivity index (χ3v) is 15.9.